The second kappa shape index (κ2) is 5.94. The summed E-state index contributed by atoms with van der Waals surface area (Å²) in [6.07, 6.45) is 2.49. The molecule has 1 aliphatic carbocycles. The first kappa shape index (κ1) is 14.4. The van der Waals surface area contributed by atoms with Crippen LogP contribution in [0.4, 0.5) is 0 Å². The van der Waals surface area contributed by atoms with Crippen LogP contribution in [-0.2, 0) is 16.1 Å². The molecule has 0 saturated carbocycles. The summed E-state index contributed by atoms with van der Waals surface area (Å²) < 4.78 is 5.14. The van der Waals surface area contributed by atoms with Crippen molar-refractivity contribution < 1.29 is 19.1 Å². The average Bonchev–Trinajstić information content (AvgIpc) is 2.91. The SMILES string of the molecule is CC1=C(C)C[C@@H](C(=O)NCc2ccco2)[C@H](C(=O)O)C1. The zero-order valence-electron chi connectivity index (χ0n) is 11.7. The molecule has 2 atom stereocenters. The van der Waals surface area contributed by atoms with Crippen LogP contribution in [0.15, 0.2) is 34.0 Å². The molecule has 20 heavy (non-hydrogen) atoms. The van der Waals surface area contributed by atoms with E-state index in [2.05, 4.69) is 5.32 Å². The summed E-state index contributed by atoms with van der Waals surface area (Å²) in [6, 6.07) is 3.52. The quantitative estimate of drug-likeness (QED) is 0.828. The average molecular weight is 277 g/mol. The third-order valence-electron chi connectivity index (χ3n) is 3.94. The molecule has 1 amide bonds. The Labute approximate surface area is 117 Å². The molecule has 0 aliphatic heterocycles. The molecule has 2 rings (SSSR count). The maximum Gasteiger partial charge on any atom is 0.307 e. The molecule has 0 unspecified atom stereocenters. The Morgan fingerprint density at radius 1 is 1.30 bits per heavy atom. The van der Waals surface area contributed by atoms with Gasteiger partial charge in [-0.25, -0.2) is 0 Å². The van der Waals surface area contributed by atoms with Gasteiger partial charge in [0, 0.05) is 0 Å². The van der Waals surface area contributed by atoms with Crippen LogP contribution in [0.1, 0.15) is 32.4 Å². The Hall–Kier alpha value is -2.04. The van der Waals surface area contributed by atoms with Crippen LogP contribution in [0, 0.1) is 11.8 Å². The van der Waals surface area contributed by atoms with E-state index in [-0.39, 0.29) is 12.5 Å². The highest BCUT2D eigenvalue weighted by Gasteiger charge is 2.37. The number of carbonyl (C=O) groups excluding carboxylic acids is 1. The molecule has 0 radical (unpaired) electrons. The van der Waals surface area contributed by atoms with Crippen molar-refractivity contribution in [3.05, 3.63) is 35.3 Å². The topological polar surface area (TPSA) is 79.5 Å². The lowest BCUT2D eigenvalue weighted by atomic mass is 9.76. The Balaban J connectivity index is 2.04. The predicted molar refractivity (Wildman–Crippen MR) is 72.8 cm³/mol. The van der Waals surface area contributed by atoms with E-state index in [1.807, 2.05) is 13.8 Å². The zero-order chi connectivity index (χ0) is 14.7. The van der Waals surface area contributed by atoms with Gasteiger partial charge in [0.25, 0.3) is 0 Å². The molecule has 0 spiro atoms. The minimum atomic E-state index is -0.907. The van der Waals surface area contributed by atoms with Gasteiger partial charge in [-0.05, 0) is 38.8 Å². The fraction of sp³-hybridized carbons (Fsp3) is 0.467. The first-order valence-electron chi connectivity index (χ1n) is 6.67. The van der Waals surface area contributed by atoms with Gasteiger partial charge in [-0.3, -0.25) is 9.59 Å². The minimum Gasteiger partial charge on any atom is -0.481 e. The van der Waals surface area contributed by atoms with Gasteiger partial charge in [0.1, 0.15) is 5.76 Å². The maximum absolute atomic E-state index is 12.2. The van der Waals surface area contributed by atoms with Crippen molar-refractivity contribution in [2.24, 2.45) is 11.8 Å². The Kier molecular flexibility index (Phi) is 4.27. The fourth-order valence-electron chi connectivity index (χ4n) is 2.55. The minimum absolute atomic E-state index is 0.222. The second-order valence-electron chi connectivity index (χ2n) is 5.32. The molecular weight excluding hydrogens is 258 g/mol. The van der Waals surface area contributed by atoms with Crippen molar-refractivity contribution in [3.63, 3.8) is 0 Å². The summed E-state index contributed by atoms with van der Waals surface area (Å²) in [7, 11) is 0. The van der Waals surface area contributed by atoms with E-state index >= 15 is 0 Å². The molecule has 108 valence electrons. The molecule has 0 aromatic carbocycles. The van der Waals surface area contributed by atoms with E-state index in [0.717, 1.165) is 11.1 Å². The first-order valence-corrected chi connectivity index (χ1v) is 6.67. The van der Waals surface area contributed by atoms with Crippen LogP contribution in [0.3, 0.4) is 0 Å². The van der Waals surface area contributed by atoms with Crippen LogP contribution in [0.2, 0.25) is 0 Å². The molecule has 1 aromatic heterocycles. The van der Waals surface area contributed by atoms with Gasteiger partial charge in [0.15, 0.2) is 0 Å². The van der Waals surface area contributed by atoms with Crippen molar-refractivity contribution in [2.45, 2.75) is 33.2 Å². The fourth-order valence-corrected chi connectivity index (χ4v) is 2.55. The molecular formula is C15H19NO4. The Morgan fingerprint density at radius 3 is 2.50 bits per heavy atom. The number of rotatable bonds is 4. The molecule has 0 saturated heterocycles. The van der Waals surface area contributed by atoms with Crippen LogP contribution in [0.25, 0.3) is 0 Å². The number of amides is 1. The summed E-state index contributed by atoms with van der Waals surface area (Å²) in [4.78, 5) is 23.6. The number of hydrogen-bond acceptors (Lipinski definition) is 3. The summed E-state index contributed by atoms with van der Waals surface area (Å²) >= 11 is 0. The second-order valence-corrected chi connectivity index (χ2v) is 5.32. The number of carboxylic acids is 1. The number of carboxylic acid groups (broad SMARTS) is 1. The molecule has 5 nitrogen and oxygen atoms in total. The maximum atomic E-state index is 12.2. The van der Waals surface area contributed by atoms with Gasteiger partial charge < -0.3 is 14.8 Å². The van der Waals surface area contributed by atoms with Crippen molar-refractivity contribution in [1.29, 1.82) is 0 Å². The van der Waals surface area contributed by atoms with Crippen molar-refractivity contribution in [1.82, 2.24) is 5.32 Å². The van der Waals surface area contributed by atoms with Gasteiger partial charge in [-0.2, -0.15) is 0 Å². The standard InChI is InChI=1S/C15H19NO4/c1-9-6-12(13(15(18)19)7-10(9)2)14(17)16-8-11-4-3-5-20-11/h3-5,12-13H,6-8H2,1-2H3,(H,16,17)(H,18,19)/t12-,13-/m1/s1. The monoisotopic (exact) mass is 277 g/mol. The normalized spacial score (nSPS) is 22.7. The van der Waals surface area contributed by atoms with E-state index in [1.165, 1.54) is 0 Å². The van der Waals surface area contributed by atoms with Crippen molar-refractivity contribution in [3.8, 4) is 0 Å². The Morgan fingerprint density at radius 2 is 1.95 bits per heavy atom. The lowest BCUT2D eigenvalue weighted by Crippen LogP contribution is -2.39. The third kappa shape index (κ3) is 3.10. The molecule has 1 aromatic rings. The highest BCUT2D eigenvalue weighted by molar-refractivity contribution is 5.85. The highest BCUT2D eigenvalue weighted by Crippen LogP contribution is 2.34. The molecule has 1 heterocycles. The van der Waals surface area contributed by atoms with Gasteiger partial charge in [0.05, 0.1) is 24.6 Å². The summed E-state index contributed by atoms with van der Waals surface area (Å²) in [5, 5.41) is 12.0. The summed E-state index contributed by atoms with van der Waals surface area (Å²) in [5.74, 6) is -1.62. The van der Waals surface area contributed by atoms with Crippen LogP contribution in [0.5, 0.6) is 0 Å². The highest BCUT2D eigenvalue weighted by atomic mass is 16.4. The molecule has 0 bridgehead atoms. The largest absolute Gasteiger partial charge is 0.481 e. The van der Waals surface area contributed by atoms with E-state index in [9.17, 15) is 14.7 Å². The van der Waals surface area contributed by atoms with Gasteiger partial charge in [0.2, 0.25) is 5.91 Å². The van der Waals surface area contributed by atoms with Crippen molar-refractivity contribution >= 4 is 11.9 Å². The number of allylic oxidation sites excluding steroid dienone is 2. The number of nitrogens with one attached hydrogen (secondary N) is 1. The number of hydrogen-bond donors (Lipinski definition) is 2. The van der Waals surface area contributed by atoms with E-state index in [0.29, 0.717) is 18.6 Å². The lowest BCUT2D eigenvalue weighted by molar-refractivity contribution is -0.147. The number of aliphatic carboxylic acids is 1. The molecule has 5 heteroatoms. The number of furan rings is 1. The number of carbonyl (C=O) groups is 2. The van der Waals surface area contributed by atoms with E-state index < -0.39 is 17.8 Å². The van der Waals surface area contributed by atoms with Crippen molar-refractivity contribution in [2.75, 3.05) is 0 Å². The molecule has 2 N–H and O–H groups in total. The summed E-state index contributed by atoms with van der Waals surface area (Å²) in [6.45, 7) is 4.18. The van der Waals surface area contributed by atoms with Crippen LogP contribution >= 0.6 is 0 Å². The predicted octanol–water partition coefficient (Wildman–Crippen LogP) is 2.34. The zero-order valence-corrected chi connectivity index (χ0v) is 11.7. The first-order chi connectivity index (χ1) is 9.49. The summed E-state index contributed by atoms with van der Waals surface area (Å²) in [5.41, 5.74) is 2.19. The lowest BCUT2D eigenvalue weighted by Gasteiger charge is -2.29. The Bertz CT molecular complexity index is 530. The van der Waals surface area contributed by atoms with E-state index in [1.54, 1.807) is 18.4 Å². The van der Waals surface area contributed by atoms with Gasteiger partial charge >= 0.3 is 5.97 Å². The van der Waals surface area contributed by atoms with Gasteiger partial charge in [-0.1, -0.05) is 11.1 Å². The molecule has 1 aliphatic rings. The van der Waals surface area contributed by atoms with Crippen LogP contribution < -0.4 is 5.32 Å². The molecule has 0 fully saturated rings. The smallest absolute Gasteiger partial charge is 0.307 e. The van der Waals surface area contributed by atoms with E-state index in [4.69, 9.17) is 4.42 Å². The third-order valence-corrected chi connectivity index (χ3v) is 3.94. The van der Waals surface area contributed by atoms with Crippen LogP contribution in [-0.4, -0.2) is 17.0 Å². The van der Waals surface area contributed by atoms with Gasteiger partial charge in [-0.15, -0.1) is 0 Å².